The zero-order valence-corrected chi connectivity index (χ0v) is 15.5. The summed E-state index contributed by atoms with van der Waals surface area (Å²) in [6, 6.07) is 6.70. The van der Waals surface area contributed by atoms with Gasteiger partial charge in [-0.15, -0.1) is 10.2 Å². The Labute approximate surface area is 152 Å². The lowest BCUT2D eigenvalue weighted by Gasteiger charge is -2.27. The van der Waals surface area contributed by atoms with Gasteiger partial charge in [0.1, 0.15) is 5.82 Å². The minimum atomic E-state index is -0.321. The Morgan fingerprint density at radius 1 is 1.15 bits per heavy atom. The number of fused-ring (bicyclic) bond motifs is 1. The number of rotatable bonds is 2. The van der Waals surface area contributed by atoms with Gasteiger partial charge in [0.25, 0.3) is 5.91 Å². The normalized spacial score (nSPS) is 13.9. The Morgan fingerprint density at radius 3 is 2.65 bits per heavy atom. The van der Waals surface area contributed by atoms with Gasteiger partial charge in [0.2, 0.25) is 0 Å². The molecule has 0 atom stereocenters. The topological polar surface area (TPSA) is 92.2 Å². The average Bonchev–Trinajstić information content (AvgIpc) is 2.94. The molecule has 1 aliphatic rings. The average molecular weight is 356 g/mol. The Bertz CT molecular complexity index is 836. The van der Waals surface area contributed by atoms with Crippen molar-refractivity contribution in [2.24, 2.45) is 0 Å². The summed E-state index contributed by atoms with van der Waals surface area (Å²) in [5.74, 6) is 1.47. The molecule has 2 heterocycles. The molecule has 8 nitrogen and oxygen atoms in total. The lowest BCUT2D eigenvalue weighted by molar-refractivity contribution is 0.0919. The summed E-state index contributed by atoms with van der Waals surface area (Å²) in [7, 11) is 0. The van der Waals surface area contributed by atoms with Crippen molar-refractivity contribution in [2.45, 2.75) is 46.3 Å². The highest BCUT2D eigenvalue weighted by Gasteiger charge is 2.23. The molecule has 3 amide bonds. The predicted molar refractivity (Wildman–Crippen MR) is 97.8 cm³/mol. The van der Waals surface area contributed by atoms with E-state index in [1.807, 2.05) is 32.3 Å². The Balaban J connectivity index is 1.67. The summed E-state index contributed by atoms with van der Waals surface area (Å²) in [6.45, 7) is 9.35. The standard InChI is InChI=1S/C18H24N6O2/c1-12-21-22-15-11-23(8-9-24(12)15)17(26)19-14-7-5-6-13(10-14)16(25)20-18(2,3)4/h5-7,10H,8-9,11H2,1-4H3,(H,19,26)(H,20,25). The van der Waals surface area contributed by atoms with Crippen LogP contribution in [0.4, 0.5) is 10.5 Å². The number of nitrogens with zero attached hydrogens (tertiary/aromatic N) is 4. The summed E-state index contributed by atoms with van der Waals surface area (Å²) in [4.78, 5) is 26.5. The van der Waals surface area contributed by atoms with Crippen LogP contribution in [0.5, 0.6) is 0 Å². The van der Waals surface area contributed by atoms with E-state index in [0.29, 0.717) is 30.9 Å². The van der Waals surface area contributed by atoms with Gasteiger partial charge in [-0.1, -0.05) is 6.07 Å². The summed E-state index contributed by atoms with van der Waals surface area (Å²) in [5.41, 5.74) is 0.768. The van der Waals surface area contributed by atoms with E-state index < -0.39 is 0 Å². The lowest BCUT2D eigenvalue weighted by Crippen LogP contribution is -2.41. The highest BCUT2D eigenvalue weighted by Crippen LogP contribution is 2.16. The number of carbonyl (C=O) groups is 2. The van der Waals surface area contributed by atoms with Crippen molar-refractivity contribution < 1.29 is 9.59 Å². The molecule has 0 spiro atoms. The van der Waals surface area contributed by atoms with Crippen LogP contribution in [0.2, 0.25) is 0 Å². The molecule has 2 N–H and O–H groups in total. The molecule has 26 heavy (non-hydrogen) atoms. The first-order valence-corrected chi connectivity index (χ1v) is 8.60. The fourth-order valence-electron chi connectivity index (χ4n) is 2.83. The van der Waals surface area contributed by atoms with Crippen LogP contribution < -0.4 is 10.6 Å². The van der Waals surface area contributed by atoms with Crippen LogP contribution in [0.25, 0.3) is 0 Å². The van der Waals surface area contributed by atoms with Crippen molar-refractivity contribution in [2.75, 3.05) is 11.9 Å². The zero-order valence-electron chi connectivity index (χ0n) is 15.5. The molecule has 1 aromatic heterocycles. The third kappa shape index (κ3) is 4.01. The van der Waals surface area contributed by atoms with E-state index in [-0.39, 0.29) is 17.5 Å². The SMILES string of the molecule is Cc1nnc2n1CCN(C(=O)Nc1cccc(C(=O)NC(C)(C)C)c1)C2. The molecule has 138 valence electrons. The molecular weight excluding hydrogens is 332 g/mol. The van der Waals surface area contributed by atoms with E-state index in [1.54, 1.807) is 29.2 Å². The third-order valence-electron chi connectivity index (χ3n) is 4.09. The van der Waals surface area contributed by atoms with E-state index in [4.69, 9.17) is 0 Å². The Hall–Kier alpha value is -2.90. The minimum absolute atomic E-state index is 0.171. The van der Waals surface area contributed by atoms with Gasteiger partial charge in [0.05, 0.1) is 6.54 Å². The molecule has 0 fully saturated rings. The van der Waals surface area contributed by atoms with Crippen molar-refractivity contribution >= 4 is 17.6 Å². The molecular formula is C18H24N6O2. The van der Waals surface area contributed by atoms with Crippen molar-refractivity contribution in [3.8, 4) is 0 Å². The van der Waals surface area contributed by atoms with Crippen LogP contribution in [-0.2, 0) is 13.1 Å². The number of hydrogen-bond acceptors (Lipinski definition) is 4. The van der Waals surface area contributed by atoms with Gasteiger partial charge in [0, 0.05) is 29.9 Å². The summed E-state index contributed by atoms with van der Waals surface area (Å²) in [5, 5.41) is 13.9. The molecule has 0 radical (unpaired) electrons. The molecule has 0 saturated heterocycles. The summed E-state index contributed by atoms with van der Waals surface area (Å²) >= 11 is 0. The quantitative estimate of drug-likeness (QED) is 0.862. The Kier molecular flexibility index (Phi) is 4.67. The van der Waals surface area contributed by atoms with Crippen LogP contribution in [0, 0.1) is 6.92 Å². The van der Waals surface area contributed by atoms with Crippen LogP contribution in [0.15, 0.2) is 24.3 Å². The smallest absolute Gasteiger partial charge is 0.322 e. The van der Waals surface area contributed by atoms with E-state index in [0.717, 1.165) is 11.6 Å². The fourth-order valence-corrected chi connectivity index (χ4v) is 2.83. The number of amides is 3. The number of carbonyl (C=O) groups excluding carboxylic acids is 2. The van der Waals surface area contributed by atoms with Crippen LogP contribution in [0.1, 0.15) is 42.8 Å². The first kappa shape index (κ1) is 17.9. The van der Waals surface area contributed by atoms with Crippen LogP contribution >= 0.6 is 0 Å². The van der Waals surface area contributed by atoms with Gasteiger partial charge in [-0.05, 0) is 45.9 Å². The number of anilines is 1. The molecule has 0 saturated carbocycles. The van der Waals surface area contributed by atoms with Gasteiger partial charge in [-0.25, -0.2) is 4.79 Å². The van der Waals surface area contributed by atoms with E-state index in [2.05, 4.69) is 20.8 Å². The lowest BCUT2D eigenvalue weighted by atomic mass is 10.1. The number of urea groups is 1. The van der Waals surface area contributed by atoms with E-state index in [1.165, 1.54) is 0 Å². The number of hydrogen-bond donors (Lipinski definition) is 2. The van der Waals surface area contributed by atoms with Crippen molar-refractivity contribution in [3.05, 3.63) is 41.5 Å². The van der Waals surface area contributed by atoms with Gasteiger partial charge in [-0.3, -0.25) is 4.79 Å². The zero-order chi connectivity index (χ0) is 18.9. The molecule has 1 aromatic carbocycles. The van der Waals surface area contributed by atoms with Gasteiger partial charge in [-0.2, -0.15) is 0 Å². The Morgan fingerprint density at radius 2 is 1.92 bits per heavy atom. The largest absolute Gasteiger partial charge is 0.347 e. The van der Waals surface area contributed by atoms with Gasteiger partial charge in [0.15, 0.2) is 5.82 Å². The molecule has 8 heteroatoms. The maximum absolute atomic E-state index is 12.6. The highest BCUT2D eigenvalue weighted by atomic mass is 16.2. The number of aromatic nitrogens is 3. The van der Waals surface area contributed by atoms with Gasteiger partial charge < -0.3 is 20.1 Å². The third-order valence-corrected chi connectivity index (χ3v) is 4.09. The highest BCUT2D eigenvalue weighted by molar-refractivity contribution is 5.97. The van der Waals surface area contributed by atoms with Crippen LogP contribution in [0.3, 0.4) is 0 Å². The van der Waals surface area contributed by atoms with Crippen molar-refractivity contribution in [1.29, 1.82) is 0 Å². The van der Waals surface area contributed by atoms with Crippen molar-refractivity contribution in [1.82, 2.24) is 25.0 Å². The molecule has 0 aliphatic carbocycles. The second kappa shape index (κ2) is 6.78. The number of benzene rings is 1. The molecule has 2 aromatic rings. The van der Waals surface area contributed by atoms with Crippen molar-refractivity contribution in [3.63, 3.8) is 0 Å². The van der Waals surface area contributed by atoms with E-state index >= 15 is 0 Å². The molecule has 0 bridgehead atoms. The predicted octanol–water partition coefficient (Wildman–Crippen LogP) is 2.16. The number of aryl methyl sites for hydroxylation is 1. The molecule has 1 aliphatic heterocycles. The number of nitrogens with one attached hydrogen (secondary N) is 2. The minimum Gasteiger partial charge on any atom is -0.347 e. The second-order valence-corrected chi connectivity index (χ2v) is 7.45. The maximum atomic E-state index is 12.6. The maximum Gasteiger partial charge on any atom is 0.322 e. The van der Waals surface area contributed by atoms with Gasteiger partial charge >= 0.3 is 6.03 Å². The monoisotopic (exact) mass is 356 g/mol. The van der Waals surface area contributed by atoms with E-state index in [9.17, 15) is 9.59 Å². The first-order valence-electron chi connectivity index (χ1n) is 8.60. The molecule has 0 unspecified atom stereocenters. The second-order valence-electron chi connectivity index (χ2n) is 7.45. The summed E-state index contributed by atoms with van der Waals surface area (Å²) < 4.78 is 2.02. The van der Waals surface area contributed by atoms with Crippen LogP contribution in [-0.4, -0.2) is 43.7 Å². The summed E-state index contributed by atoms with van der Waals surface area (Å²) in [6.07, 6.45) is 0. The molecule has 3 rings (SSSR count). The fraction of sp³-hybridized carbons (Fsp3) is 0.444. The first-order chi connectivity index (χ1) is 12.2.